The van der Waals surface area contributed by atoms with Gasteiger partial charge in [0.25, 0.3) is 0 Å². The predicted octanol–water partition coefficient (Wildman–Crippen LogP) is 11.9. The number of hydrogen-bond donors (Lipinski definition) is 0. The highest BCUT2D eigenvalue weighted by molar-refractivity contribution is 7.26. The Kier molecular flexibility index (Phi) is 5.74. The minimum Gasteiger partial charge on any atom is -0.208 e. The molecule has 0 aliphatic heterocycles. The lowest BCUT2D eigenvalue weighted by Gasteiger charge is -2.12. The van der Waals surface area contributed by atoms with E-state index in [4.69, 9.17) is 15.0 Å². The zero-order valence-corrected chi connectivity index (χ0v) is 26.0. The summed E-state index contributed by atoms with van der Waals surface area (Å²) in [6, 6.07) is 53.9. The third kappa shape index (κ3) is 4.16. The van der Waals surface area contributed by atoms with Crippen molar-refractivity contribution in [3.05, 3.63) is 152 Å². The summed E-state index contributed by atoms with van der Waals surface area (Å²) in [5.74, 6) is 2.02. The maximum atomic E-state index is 5.15. The Morgan fingerprint density at radius 2 is 1.02 bits per heavy atom. The van der Waals surface area contributed by atoms with E-state index in [1.165, 1.54) is 57.9 Å². The number of benzene rings is 8. The van der Waals surface area contributed by atoms with Crippen LogP contribution in [0.15, 0.2) is 152 Å². The van der Waals surface area contributed by atoms with Gasteiger partial charge in [-0.25, -0.2) is 15.0 Å². The summed E-state index contributed by atoms with van der Waals surface area (Å²) in [4.78, 5) is 15.3. The van der Waals surface area contributed by atoms with Crippen LogP contribution in [-0.2, 0) is 0 Å². The summed E-state index contributed by atoms with van der Waals surface area (Å²) in [6.45, 7) is 0. The molecule has 0 fully saturated rings. The zero-order valence-electron chi connectivity index (χ0n) is 25.2. The fourth-order valence-electron chi connectivity index (χ4n) is 7.06. The first-order chi connectivity index (χ1) is 23.3. The highest BCUT2D eigenvalue weighted by Crippen LogP contribution is 2.40. The lowest BCUT2D eigenvalue weighted by molar-refractivity contribution is 1.08. The molecule has 0 radical (unpaired) electrons. The SMILES string of the molecule is c1ccc(-c2nc(-c3ccc4c(ccc5c4ccc4ccc6ccccc6c45)c3)nc(-c3cccc4c3sc3ccccc34)n2)cc1. The van der Waals surface area contributed by atoms with Crippen LogP contribution in [0.1, 0.15) is 0 Å². The molecule has 0 aliphatic rings. The molecule has 0 aliphatic carbocycles. The molecule has 0 saturated heterocycles. The third-order valence-electron chi connectivity index (χ3n) is 9.29. The average molecular weight is 616 g/mol. The molecule has 0 spiro atoms. The second-order valence-electron chi connectivity index (χ2n) is 12.0. The minimum absolute atomic E-state index is 0.665. The molecule has 2 aromatic heterocycles. The number of aromatic nitrogens is 3. The molecule has 2 heterocycles. The van der Waals surface area contributed by atoms with Gasteiger partial charge in [0.2, 0.25) is 0 Å². The van der Waals surface area contributed by atoms with Crippen LogP contribution >= 0.6 is 11.3 Å². The fraction of sp³-hybridized carbons (Fsp3) is 0. The lowest BCUT2D eigenvalue weighted by Crippen LogP contribution is -2.00. The number of rotatable bonds is 3. The van der Waals surface area contributed by atoms with Gasteiger partial charge in [-0.1, -0.05) is 133 Å². The van der Waals surface area contributed by atoms with Crippen molar-refractivity contribution < 1.29 is 0 Å². The van der Waals surface area contributed by atoms with E-state index < -0.39 is 0 Å². The molecule has 10 rings (SSSR count). The molecule has 0 atom stereocenters. The van der Waals surface area contributed by atoms with E-state index in [2.05, 4.69) is 133 Å². The van der Waals surface area contributed by atoms with Crippen LogP contribution in [0.3, 0.4) is 0 Å². The molecule has 4 heteroatoms. The second-order valence-corrected chi connectivity index (χ2v) is 13.1. The normalized spacial score (nSPS) is 11.8. The summed E-state index contributed by atoms with van der Waals surface area (Å²) in [7, 11) is 0. The largest absolute Gasteiger partial charge is 0.208 e. The average Bonchev–Trinajstić information content (AvgIpc) is 3.53. The highest BCUT2D eigenvalue weighted by atomic mass is 32.1. The van der Waals surface area contributed by atoms with E-state index in [9.17, 15) is 0 Å². The molecule has 0 unspecified atom stereocenters. The molecule has 0 bridgehead atoms. The highest BCUT2D eigenvalue weighted by Gasteiger charge is 2.17. The lowest BCUT2D eigenvalue weighted by atomic mass is 9.93. The van der Waals surface area contributed by atoms with Crippen molar-refractivity contribution in [3.63, 3.8) is 0 Å². The quantitative estimate of drug-likeness (QED) is 0.186. The van der Waals surface area contributed by atoms with Crippen molar-refractivity contribution in [1.82, 2.24) is 15.0 Å². The summed E-state index contributed by atoms with van der Waals surface area (Å²) in [5.41, 5.74) is 2.95. The van der Waals surface area contributed by atoms with Crippen LogP contribution in [0.2, 0.25) is 0 Å². The Labute approximate surface area is 274 Å². The van der Waals surface area contributed by atoms with E-state index in [1.807, 2.05) is 18.2 Å². The topological polar surface area (TPSA) is 38.7 Å². The van der Waals surface area contributed by atoms with Crippen molar-refractivity contribution >= 4 is 74.6 Å². The van der Waals surface area contributed by atoms with Crippen LogP contribution in [0.5, 0.6) is 0 Å². The second kappa shape index (κ2) is 10.3. The van der Waals surface area contributed by atoms with Gasteiger partial charge in [0.15, 0.2) is 17.5 Å². The van der Waals surface area contributed by atoms with Crippen LogP contribution in [-0.4, -0.2) is 15.0 Å². The van der Waals surface area contributed by atoms with Crippen LogP contribution in [0, 0.1) is 0 Å². The van der Waals surface area contributed by atoms with Gasteiger partial charge >= 0.3 is 0 Å². The van der Waals surface area contributed by atoms with Crippen LogP contribution in [0.4, 0.5) is 0 Å². The van der Waals surface area contributed by atoms with E-state index >= 15 is 0 Å². The number of thiophene rings is 1. The molecule has 0 saturated carbocycles. The zero-order chi connectivity index (χ0) is 30.9. The number of hydrogen-bond acceptors (Lipinski definition) is 4. The predicted molar refractivity (Wildman–Crippen MR) is 199 cm³/mol. The first-order valence-corrected chi connectivity index (χ1v) is 16.6. The van der Waals surface area contributed by atoms with Crippen LogP contribution in [0.25, 0.3) is 97.4 Å². The fourth-order valence-corrected chi connectivity index (χ4v) is 8.27. The maximum absolute atomic E-state index is 5.15. The molecule has 3 nitrogen and oxygen atoms in total. The third-order valence-corrected chi connectivity index (χ3v) is 10.5. The van der Waals surface area contributed by atoms with Gasteiger partial charge in [-0.2, -0.15) is 0 Å². The monoisotopic (exact) mass is 615 g/mol. The molecule has 218 valence electrons. The number of nitrogens with zero attached hydrogens (tertiary/aromatic N) is 3. The van der Waals surface area contributed by atoms with Gasteiger partial charge in [0.1, 0.15) is 0 Å². The minimum atomic E-state index is 0.665. The van der Waals surface area contributed by atoms with Crippen molar-refractivity contribution in [2.75, 3.05) is 0 Å². The Morgan fingerprint density at radius 1 is 0.362 bits per heavy atom. The summed E-state index contributed by atoms with van der Waals surface area (Å²) < 4.78 is 2.45. The summed E-state index contributed by atoms with van der Waals surface area (Å²) in [6.07, 6.45) is 0. The van der Waals surface area contributed by atoms with Gasteiger partial charge in [-0.05, 0) is 61.3 Å². The first-order valence-electron chi connectivity index (χ1n) is 15.8. The Bertz CT molecular complexity index is 2850. The van der Waals surface area contributed by atoms with E-state index in [0.717, 1.165) is 22.1 Å². The molecule has 47 heavy (non-hydrogen) atoms. The molecule has 10 aromatic rings. The van der Waals surface area contributed by atoms with E-state index in [0.29, 0.717) is 17.5 Å². The number of fused-ring (bicyclic) bond motifs is 10. The molecule has 8 aromatic carbocycles. The Hall–Kier alpha value is -5.97. The molecule has 0 amide bonds. The van der Waals surface area contributed by atoms with E-state index in [1.54, 1.807) is 11.3 Å². The van der Waals surface area contributed by atoms with Crippen molar-refractivity contribution in [2.24, 2.45) is 0 Å². The summed E-state index contributed by atoms with van der Waals surface area (Å²) >= 11 is 1.79. The molecule has 0 N–H and O–H groups in total. The summed E-state index contributed by atoms with van der Waals surface area (Å²) in [5, 5.41) is 12.5. The van der Waals surface area contributed by atoms with Crippen LogP contribution < -0.4 is 0 Å². The van der Waals surface area contributed by atoms with Gasteiger partial charge < -0.3 is 0 Å². The van der Waals surface area contributed by atoms with Gasteiger partial charge in [0, 0.05) is 36.9 Å². The van der Waals surface area contributed by atoms with Gasteiger partial charge in [-0.3, -0.25) is 0 Å². The first kappa shape index (κ1) is 26.3. The Morgan fingerprint density at radius 3 is 1.94 bits per heavy atom. The van der Waals surface area contributed by atoms with Gasteiger partial charge in [-0.15, -0.1) is 11.3 Å². The maximum Gasteiger partial charge on any atom is 0.165 e. The molecular weight excluding hydrogens is 591 g/mol. The standard InChI is InChI=1S/C43H25N3S/c1-2-10-28(11-3-1)41-44-42(46-43(45-41)37-15-8-14-36-34-13-6-7-16-38(34)47-40(36)37)30-21-22-31-29(25-30)20-24-35-33(31)23-19-27-18-17-26-9-4-5-12-32(26)39(27)35/h1-25H. The van der Waals surface area contributed by atoms with E-state index in [-0.39, 0.29) is 0 Å². The van der Waals surface area contributed by atoms with Crippen molar-refractivity contribution in [2.45, 2.75) is 0 Å². The van der Waals surface area contributed by atoms with Crippen molar-refractivity contribution in [1.29, 1.82) is 0 Å². The smallest absolute Gasteiger partial charge is 0.165 e. The molecular formula is C43H25N3S. The van der Waals surface area contributed by atoms with Gasteiger partial charge in [0.05, 0.1) is 0 Å². The van der Waals surface area contributed by atoms with Crippen molar-refractivity contribution in [3.8, 4) is 34.2 Å². The Balaban J connectivity index is 1.18.